The number of nitrogens with two attached hydrogens (primary N) is 1. The summed E-state index contributed by atoms with van der Waals surface area (Å²) in [6.45, 7) is -2.04. The molecule has 0 aliphatic heterocycles. The molecular weight excluding hydrogens is 278 g/mol. The molecule has 0 amide bonds. The molecular formula is C14H16F2N4O. The summed E-state index contributed by atoms with van der Waals surface area (Å²) in [4.78, 5) is 3.88. The monoisotopic (exact) mass is 294 g/mol. The first-order chi connectivity index (χ1) is 10.1. The van der Waals surface area contributed by atoms with Crippen LogP contribution in [0.15, 0.2) is 24.5 Å². The van der Waals surface area contributed by atoms with Gasteiger partial charge in [0.1, 0.15) is 0 Å². The van der Waals surface area contributed by atoms with Gasteiger partial charge in [-0.1, -0.05) is 6.42 Å². The van der Waals surface area contributed by atoms with Crippen LogP contribution in [0.3, 0.4) is 0 Å². The number of rotatable bonds is 5. The lowest BCUT2D eigenvalue weighted by Gasteiger charge is -2.24. The zero-order valence-electron chi connectivity index (χ0n) is 11.4. The smallest absolute Gasteiger partial charge is 0.387 e. The van der Waals surface area contributed by atoms with E-state index in [1.165, 1.54) is 31.5 Å². The minimum atomic E-state index is -2.93. The lowest BCUT2D eigenvalue weighted by atomic mass is 9.85. The maximum Gasteiger partial charge on any atom is 0.387 e. The van der Waals surface area contributed by atoms with Crippen molar-refractivity contribution >= 4 is 5.82 Å². The molecule has 0 atom stereocenters. The van der Waals surface area contributed by atoms with Crippen LogP contribution >= 0.6 is 0 Å². The van der Waals surface area contributed by atoms with Crippen LogP contribution in [0, 0.1) is 5.92 Å². The van der Waals surface area contributed by atoms with Crippen LogP contribution in [-0.4, -0.2) is 21.4 Å². The fourth-order valence-corrected chi connectivity index (χ4v) is 2.34. The molecule has 2 aromatic rings. The number of anilines is 1. The van der Waals surface area contributed by atoms with Gasteiger partial charge in [-0.2, -0.15) is 13.9 Å². The summed E-state index contributed by atoms with van der Waals surface area (Å²) in [6.07, 6.45) is 7.16. The minimum Gasteiger partial charge on any atom is -0.431 e. The SMILES string of the molecule is Nc1ncc(-c2ccn(CC3CCC3)n2)cc1OC(F)F. The molecule has 1 fully saturated rings. The van der Waals surface area contributed by atoms with Gasteiger partial charge in [0.15, 0.2) is 11.6 Å². The first kappa shape index (κ1) is 13.8. The van der Waals surface area contributed by atoms with E-state index in [4.69, 9.17) is 5.73 Å². The molecule has 2 N–H and O–H groups in total. The van der Waals surface area contributed by atoms with E-state index in [2.05, 4.69) is 14.8 Å². The Morgan fingerprint density at radius 3 is 2.90 bits per heavy atom. The largest absolute Gasteiger partial charge is 0.431 e. The minimum absolute atomic E-state index is 0.0621. The predicted molar refractivity (Wildman–Crippen MR) is 73.8 cm³/mol. The van der Waals surface area contributed by atoms with Gasteiger partial charge in [-0.3, -0.25) is 4.68 Å². The van der Waals surface area contributed by atoms with Gasteiger partial charge in [0.2, 0.25) is 0 Å². The number of ether oxygens (including phenoxy) is 1. The Morgan fingerprint density at radius 2 is 2.24 bits per heavy atom. The lowest BCUT2D eigenvalue weighted by molar-refractivity contribution is -0.0494. The summed E-state index contributed by atoms with van der Waals surface area (Å²) >= 11 is 0. The number of nitrogen functional groups attached to an aromatic ring is 1. The van der Waals surface area contributed by atoms with E-state index in [9.17, 15) is 8.78 Å². The summed E-state index contributed by atoms with van der Waals surface area (Å²) in [7, 11) is 0. The molecule has 2 heterocycles. The van der Waals surface area contributed by atoms with Gasteiger partial charge >= 0.3 is 6.61 Å². The van der Waals surface area contributed by atoms with Crippen LogP contribution in [0.5, 0.6) is 5.75 Å². The zero-order chi connectivity index (χ0) is 14.8. The van der Waals surface area contributed by atoms with Gasteiger partial charge in [-0.25, -0.2) is 4.98 Å². The third-order valence-electron chi connectivity index (χ3n) is 3.70. The Bertz CT molecular complexity index is 625. The zero-order valence-corrected chi connectivity index (χ0v) is 11.4. The van der Waals surface area contributed by atoms with Crippen molar-refractivity contribution in [3.63, 3.8) is 0 Å². The fraction of sp³-hybridized carbons (Fsp3) is 0.429. The second-order valence-corrected chi connectivity index (χ2v) is 5.21. The Labute approximate surface area is 120 Å². The molecule has 21 heavy (non-hydrogen) atoms. The van der Waals surface area contributed by atoms with E-state index in [0.29, 0.717) is 17.2 Å². The van der Waals surface area contributed by atoms with E-state index in [1.54, 1.807) is 0 Å². The number of hydrogen-bond donors (Lipinski definition) is 1. The summed E-state index contributed by atoms with van der Waals surface area (Å²) in [5.74, 6) is 0.504. The van der Waals surface area contributed by atoms with Gasteiger partial charge in [0, 0.05) is 24.5 Å². The van der Waals surface area contributed by atoms with Crippen molar-refractivity contribution in [1.82, 2.24) is 14.8 Å². The van der Waals surface area contributed by atoms with E-state index >= 15 is 0 Å². The second-order valence-electron chi connectivity index (χ2n) is 5.21. The van der Waals surface area contributed by atoms with Crippen molar-refractivity contribution in [2.45, 2.75) is 32.4 Å². The summed E-state index contributed by atoms with van der Waals surface area (Å²) in [5, 5.41) is 4.45. The Morgan fingerprint density at radius 1 is 1.43 bits per heavy atom. The Kier molecular flexibility index (Phi) is 3.72. The van der Waals surface area contributed by atoms with Gasteiger partial charge < -0.3 is 10.5 Å². The topological polar surface area (TPSA) is 66.0 Å². The molecule has 3 rings (SSSR count). The first-order valence-corrected chi connectivity index (χ1v) is 6.86. The van der Waals surface area contributed by atoms with Gasteiger partial charge in [0.05, 0.1) is 5.69 Å². The molecule has 1 aliphatic carbocycles. The molecule has 1 saturated carbocycles. The summed E-state index contributed by atoms with van der Waals surface area (Å²) in [6, 6.07) is 3.27. The molecule has 0 bridgehead atoms. The van der Waals surface area contributed by atoms with E-state index in [1.807, 2.05) is 16.9 Å². The molecule has 0 unspecified atom stereocenters. The maximum atomic E-state index is 12.3. The summed E-state index contributed by atoms with van der Waals surface area (Å²) in [5.41, 5.74) is 6.79. The van der Waals surface area contributed by atoms with Crippen molar-refractivity contribution < 1.29 is 13.5 Å². The number of hydrogen-bond acceptors (Lipinski definition) is 4. The van der Waals surface area contributed by atoms with Crippen LogP contribution in [-0.2, 0) is 6.54 Å². The van der Waals surface area contributed by atoms with Crippen LogP contribution in [0.25, 0.3) is 11.3 Å². The molecule has 1 aliphatic rings. The molecule has 0 saturated heterocycles. The third kappa shape index (κ3) is 3.12. The summed E-state index contributed by atoms with van der Waals surface area (Å²) < 4.78 is 30.8. The average molecular weight is 294 g/mol. The highest BCUT2D eigenvalue weighted by molar-refractivity contribution is 5.63. The van der Waals surface area contributed by atoms with Gasteiger partial charge in [-0.15, -0.1) is 0 Å². The Hall–Kier alpha value is -2.18. The highest BCUT2D eigenvalue weighted by Gasteiger charge is 2.18. The Balaban J connectivity index is 1.79. The van der Waals surface area contributed by atoms with Crippen LogP contribution < -0.4 is 10.5 Å². The second kappa shape index (κ2) is 5.67. The van der Waals surface area contributed by atoms with Gasteiger partial charge in [-0.05, 0) is 30.9 Å². The highest BCUT2D eigenvalue weighted by Crippen LogP contribution is 2.29. The standard InChI is InChI=1S/C14H16F2N4O/c15-14(16)21-12-6-10(7-18-13(12)17)11-4-5-20(19-11)8-9-2-1-3-9/h4-7,9,14H,1-3,8H2,(H2,17,18). The molecule has 0 spiro atoms. The van der Waals surface area contributed by atoms with Crippen LogP contribution in [0.1, 0.15) is 19.3 Å². The van der Waals surface area contributed by atoms with Crippen LogP contribution in [0.4, 0.5) is 14.6 Å². The third-order valence-corrected chi connectivity index (χ3v) is 3.70. The molecule has 2 aromatic heterocycles. The van der Waals surface area contributed by atoms with Crippen LogP contribution in [0.2, 0.25) is 0 Å². The first-order valence-electron chi connectivity index (χ1n) is 6.86. The molecule has 0 radical (unpaired) electrons. The lowest BCUT2D eigenvalue weighted by Crippen LogP contribution is -2.18. The molecule has 7 heteroatoms. The fourth-order valence-electron chi connectivity index (χ4n) is 2.34. The van der Waals surface area contributed by atoms with E-state index < -0.39 is 6.61 Å². The van der Waals surface area contributed by atoms with Crippen molar-refractivity contribution in [3.8, 4) is 17.0 Å². The molecule has 112 valence electrons. The highest BCUT2D eigenvalue weighted by atomic mass is 19.3. The number of alkyl halides is 2. The molecule has 5 nitrogen and oxygen atoms in total. The van der Waals surface area contributed by atoms with E-state index in [-0.39, 0.29) is 11.6 Å². The normalized spacial score (nSPS) is 15.2. The molecule has 0 aromatic carbocycles. The number of pyridine rings is 1. The van der Waals surface area contributed by atoms with Crippen molar-refractivity contribution in [2.24, 2.45) is 5.92 Å². The average Bonchev–Trinajstić information content (AvgIpc) is 2.85. The number of halogens is 2. The number of aromatic nitrogens is 3. The van der Waals surface area contributed by atoms with Crippen molar-refractivity contribution in [1.29, 1.82) is 0 Å². The van der Waals surface area contributed by atoms with Crippen molar-refractivity contribution in [2.75, 3.05) is 5.73 Å². The van der Waals surface area contributed by atoms with Gasteiger partial charge in [0.25, 0.3) is 0 Å². The number of nitrogens with zero attached hydrogens (tertiary/aromatic N) is 3. The van der Waals surface area contributed by atoms with E-state index in [0.717, 1.165) is 6.54 Å². The maximum absolute atomic E-state index is 12.3. The predicted octanol–water partition coefficient (Wildman–Crippen LogP) is 2.93. The van der Waals surface area contributed by atoms with Crippen molar-refractivity contribution in [3.05, 3.63) is 24.5 Å². The quantitative estimate of drug-likeness (QED) is 0.920.